The third-order valence-corrected chi connectivity index (χ3v) is 4.90. The molecule has 0 spiro atoms. The van der Waals surface area contributed by atoms with Crippen LogP contribution in [0.15, 0.2) is 46.0 Å². The Balaban J connectivity index is 1.67. The molecular formula is C19H16ClFN4O3S. The monoisotopic (exact) mass is 434 g/mol. The van der Waals surface area contributed by atoms with Crippen molar-refractivity contribution < 1.29 is 18.4 Å². The summed E-state index contributed by atoms with van der Waals surface area (Å²) in [5, 5.41) is 13.6. The zero-order valence-electron chi connectivity index (χ0n) is 15.5. The molecule has 2 N–H and O–H groups in total. The number of halogens is 2. The Morgan fingerprint density at radius 3 is 2.62 bits per heavy atom. The molecule has 1 aromatic heterocycles. The summed E-state index contributed by atoms with van der Waals surface area (Å²) in [6, 6.07) is 8.77. The average molecular weight is 435 g/mol. The molecular weight excluding hydrogens is 419 g/mol. The third-order valence-electron chi connectivity index (χ3n) is 3.86. The molecule has 0 aliphatic carbocycles. The van der Waals surface area contributed by atoms with E-state index in [2.05, 4.69) is 20.8 Å². The lowest BCUT2D eigenvalue weighted by Gasteiger charge is -2.13. The highest BCUT2D eigenvalue weighted by molar-refractivity contribution is 7.99. The second-order valence-corrected chi connectivity index (χ2v) is 7.30. The van der Waals surface area contributed by atoms with Crippen LogP contribution in [0.1, 0.15) is 15.9 Å². The van der Waals surface area contributed by atoms with Crippen molar-refractivity contribution in [2.45, 2.75) is 12.1 Å². The number of benzene rings is 2. The number of anilines is 1. The van der Waals surface area contributed by atoms with Crippen LogP contribution in [0.3, 0.4) is 0 Å². The van der Waals surface area contributed by atoms with Gasteiger partial charge in [0.2, 0.25) is 11.8 Å². The van der Waals surface area contributed by atoms with Crippen LogP contribution in [0.5, 0.6) is 0 Å². The number of nitrogens with zero attached hydrogens (tertiary/aromatic N) is 2. The first-order valence-corrected chi connectivity index (χ1v) is 9.78. The van der Waals surface area contributed by atoms with Crippen molar-refractivity contribution in [1.29, 1.82) is 0 Å². The van der Waals surface area contributed by atoms with E-state index in [4.69, 9.17) is 16.0 Å². The fourth-order valence-corrected chi connectivity index (χ4v) is 3.34. The maximum Gasteiger partial charge on any atom is 0.277 e. The highest BCUT2D eigenvalue weighted by Crippen LogP contribution is 2.27. The van der Waals surface area contributed by atoms with E-state index in [0.29, 0.717) is 21.8 Å². The smallest absolute Gasteiger partial charge is 0.277 e. The van der Waals surface area contributed by atoms with Crippen LogP contribution in [-0.2, 0) is 4.79 Å². The van der Waals surface area contributed by atoms with E-state index in [-0.39, 0.29) is 40.1 Å². The molecule has 0 atom stereocenters. The van der Waals surface area contributed by atoms with Crippen LogP contribution >= 0.6 is 23.4 Å². The Bertz CT molecular complexity index is 1060. The Kier molecular flexibility index (Phi) is 6.50. The standard InChI is InChI=1S/C19H16ClFN4O3S/c1-10-7-12(20)8-14(17(27)22-2)16(10)23-15(26)9-29-19-25-24-18(28-19)11-3-5-13(21)6-4-11/h3-8H,9H2,1-2H3,(H,22,27)(H,23,26). The minimum atomic E-state index is -0.367. The van der Waals surface area contributed by atoms with Gasteiger partial charge >= 0.3 is 0 Å². The van der Waals surface area contributed by atoms with Gasteiger partial charge in [0.25, 0.3) is 11.1 Å². The first-order valence-electron chi connectivity index (χ1n) is 8.41. The van der Waals surface area contributed by atoms with Crippen molar-refractivity contribution in [3.8, 4) is 11.5 Å². The lowest BCUT2D eigenvalue weighted by molar-refractivity contribution is -0.113. The van der Waals surface area contributed by atoms with Crippen LogP contribution in [0, 0.1) is 12.7 Å². The molecule has 29 heavy (non-hydrogen) atoms. The van der Waals surface area contributed by atoms with Gasteiger partial charge in [-0.25, -0.2) is 4.39 Å². The van der Waals surface area contributed by atoms with E-state index in [0.717, 1.165) is 11.8 Å². The molecule has 0 saturated carbocycles. The summed E-state index contributed by atoms with van der Waals surface area (Å²) in [5.41, 5.74) is 1.89. The van der Waals surface area contributed by atoms with Crippen molar-refractivity contribution >= 4 is 40.9 Å². The summed E-state index contributed by atoms with van der Waals surface area (Å²) in [6.45, 7) is 1.74. The van der Waals surface area contributed by atoms with Gasteiger partial charge in [0.05, 0.1) is 17.0 Å². The number of aromatic nitrogens is 2. The second-order valence-electron chi connectivity index (χ2n) is 5.94. The zero-order chi connectivity index (χ0) is 21.0. The topological polar surface area (TPSA) is 97.1 Å². The molecule has 0 radical (unpaired) electrons. The molecule has 1 heterocycles. The van der Waals surface area contributed by atoms with Gasteiger partial charge in [-0.15, -0.1) is 10.2 Å². The van der Waals surface area contributed by atoms with Crippen molar-refractivity contribution in [2.75, 3.05) is 18.1 Å². The Morgan fingerprint density at radius 1 is 1.21 bits per heavy atom. The van der Waals surface area contributed by atoms with E-state index in [1.807, 2.05) is 0 Å². The molecule has 0 bridgehead atoms. The molecule has 0 fully saturated rings. The number of rotatable bonds is 6. The lowest BCUT2D eigenvalue weighted by Crippen LogP contribution is -2.23. The molecule has 7 nitrogen and oxygen atoms in total. The summed E-state index contributed by atoms with van der Waals surface area (Å²) in [4.78, 5) is 24.4. The number of hydrogen-bond donors (Lipinski definition) is 2. The molecule has 0 aliphatic heterocycles. The van der Waals surface area contributed by atoms with Gasteiger partial charge in [0.15, 0.2) is 0 Å². The first kappa shape index (κ1) is 20.8. The maximum atomic E-state index is 13.0. The summed E-state index contributed by atoms with van der Waals surface area (Å²) in [7, 11) is 1.49. The van der Waals surface area contributed by atoms with Gasteiger partial charge in [-0.1, -0.05) is 23.4 Å². The van der Waals surface area contributed by atoms with Crippen molar-refractivity contribution in [3.05, 3.63) is 58.4 Å². The van der Waals surface area contributed by atoms with Crippen LogP contribution in [0.4, 0.5) is 10.1 Å². The molecule has 3 rings (SSSR count). The lowest BCUT2D eigenvalue weighted by atomic mass is 10.1. The molecule has 10 heteroatoms. The molecule has 150 valence electrons. The fraction of sp³-hybridized carbons (Fsp3) is 0.158. The predicted molar refractivity (Wildman–Crippen MR) is 109 cm³/mol. The summed E-state index contributed by atoms with van der Waals surface area (Å²) < 4.78 is 18.5. The first-order chi connectivity index (χ1) is 13.9. The largest absolute Gasteiger partial charge is 0.411 e. The van der Waals surface area contributed by atoms with Gasteiger partial charge in [0.1, 0.15) is 5.82 Å². The van der Waals surface area contributed by atoms with Gasteiger partial charge in [0, 0.05) is 17.6 Å². The van der Waals surface area contributed by atoms with Gasteiger partial charge in [-0.3, -0.25) is 9.59 Å². The number of thioether (sulfide) groups is 1. The molecule has 2 amide bonds. The third kappa shape index (κ3) is 5.12. The predicted octanol–water partition coefficient (Wildman–Crippen LogP) is 3.93. The van der Waals surface area contributed by atoms with Crippen LogP contribution in [0.2, 0.25) is 5.02 Å². The highest BCUT2D eigenvalue weighted by Gasteiger charge is 2.17. The Morgan fingerprint density at radius 2 is 1.93 bits per heavy atom. The summed E-state index contributed by atoms with van der Waals surface area (Å²) >= 11 is 7.06. The van der Waals surface area contributed by atoms with Crippen molar-refractivity contribution in [3.63, 3.8) is 0 Å². The highest BCUT2D eigenvalue weighted by atomic mass is 35.5. The van der Waals surface area contributed by atoms with Crippen molar-refractivity contribution in [2.24, 2.45) is 0 Å². The van der Waals surface area contributed by atoms with E-state index in [9.17, 15) is 14.0 Å². The zero-order valence-corrected chi connectivity index (χ0v) is 17.0. The number of nitrogens with one attached hydrogen (secondary N) is 2. The fourth-order valence-electron chi connectivity index (χ4n) is 2.50. The molecule has 0 aliphatic rings. The maximum absolute atomic E-state index is 13.0. The van der Waals surface area contributed by atoms with Gasteiger partial charge in [-0.2, -0.15) is 0 Å². The average Bonchev–Trinajstić information content (AvgIpc) is 3.17. The minimum absolute atomic E-state index is 0.0136. The SMILES string of the molecule is CNC(=O)c1cc(Cl)cc(C)c1NC(=O)CSc1nnc(-c2ccc(F)cc2)o1. The number of amides is 2. The van der Waals surface area contributed by atoms with Crippen LogP contribution < -0.4 is 10.6 Å². The Hall–Kier alpha value is -2.91. The quantitative estimate of drug-likeness (QED) is 0.570. The number of carbonyl (C=O) groups excluding carboxylic acids is 2. The second kappa shape index (κ2) is 9.06. The summed E-state index contributed by atoms with van der Waals surface area (Å²) in [6.07, 6.45) is 0. The van der Waals surface area contributed by atoms with E-state index < -0.39 is 0 Å². The minimum Gasteiger partial charge on any atom is -0.411 e. The molecule has 0 unspecified atom stereocenters. The number of aryl methyl sites for hydroxylation is 1. The molecule has 2 aromatic carbocycles. The van der Waals surface area contributed by atoms with E-state index in [1.165, 1.54) is 37.4 Å². The van der Waals surface area contributed by atoms with Gasteiger partial charge in [-0.05, 0) is 48.9 Å². The molecule has 0 saturated heterocycles. The normalized spacial score (nSPS) is 10.6. The number of carbonyl (C=O) groups is 2. The van der Waals surface area contributed by atoms with Crippen LogP contribution in [-0.4, -0.2) is 34.8 Å². The van der Waals surface area contributed by atoms with E-state index in [1.54, 1.807) is 13.0 Å². The van der Waals surface area contributed by atoms with E-state index >= 15 is 0 Å². The number of hydrogen-bond acceptors (Lipinski definition) is 6. The van der Waals surface area contributed by atoms with Crippen molar-refractivity contribution in [1.82, 2.24) is 15.5 Å². The van der Waals surface area contributed by atoms with Crippen LogP contribution in [0.25, 0.3) is 11.5 Å². The summed E-state index contributed by atoms with van der Waals surface area (Å²) in [5.74, 6) is -0.872. The Labute approximate surface area is 175 Å². The molecule has 3 aromatic rings. The van der Waals surface area contributed by atoms with Gasteiger partial charge < -0.3 is 15.1 Å².